The molecule has 1 heterocycles. The summed E-state index contributed by atoms with van der Waals surface area (Å²) in [5.41, 5.74) is 2.21. The van der Waals surface area contributed by atoms with Crippen molar-refractivity contribution in [3.63, 3.8) is 0 Å². The first-order valence-corrected chi connectivity index (χ1v) is 8.57. The van der Waals surface area contributed by atoms with E-state index < -0.39 is 0 Å². The Labute approximate surface area is 144 Å². The second-order valence-corrected chi connectivity index (χ2v) is 6.69. The number of carbonyl (C=O) groups excluding carboxylic acids is 1. The molecule has 1 aliphatic rings. The van der Waals surface area contributed by atoms with E-state index in [2.05, 4.69) is 36.5 Å². The number of rotatable bonds is 4. The minimum absolute atomic E-state index is 0.238. The average molecular weight is 375 g/mol. The standard InChI is InChI=1S/C17H19BrN4O/c1-11-6-7-13(8-14(11)18)22-17(23)15-9-16(20-10-19-15)21-12-4-2-3-5-12/h6-10,12H,2-5H2,1H3,(H,22,23)(H,19,20,21). The highest BCUT2D eigenvalue weighted by Crippen LogP contribution is 2.22. The number of amides is 1. The van der Waals surface area contributed by atoms with Crippen molar-refractivity contribution < 1.29 is 4.79 Å². The molecule has 0 saturated heterocycles. The summed E-state index contributed by atoms with van der Waals surface area (Å²) in [5, 5.41) is 6.24. The summed E-state index contributed by atoms with van der Waals surface area (Å²) >= 11 is 3.47. The van der Waals surface area contributed by atoms with E-state index in [9.17, 15) is 4.79 Å². The molecular formula is C17H19BrN4O. The fraction of sp³-hybridized carbons (Fsp3) is 0.353. The van der Waals surface area contributed by atoms with Crippen LogP contribution in [-0.2, 0) is 0 Å². The summed E-state index contributed by atoms with van der Waals surface area (Å²) in [4.78, 5) is 20.6. The largest absolute Gasteiger partial charge is 0.367 e. The molecule has 0 unspecified atom stereocenters. The van der Waals surface area contributed by atoms with E-state index in [1.165, 1.54) is 19.2 Å². The Bertz CT molecular complexity index is 713. The molecule has 3 rings (SSSR count). The predicted octanol–water partition coefficient (Wildman–Crippen LogP) is 4.15. The maximum atomic E-state index is 12.4. The Morgan fingerprint density at radius 3 is 2.74 bits per heavy atom. The topological polar surface area (TPSA) is 66.9 Å². The van der Waals surface area contributed by atoms with Gasteiger partial charge in [-0.15, -0.1) is 0 Å². The van der Waals surface area contributed by atoms with Gasteiger partial charge in [0.25, 0.3) is 5.91 Å². The molecule has 0 aliphatic heterocycles. The van der Waals surface area contributed by atoms with Crippen LogP contribution in [-0.4, -0.2) is 21.9 Å². The first-order valence-electron chi connectivity index (χ1n) is 7.78. The molecule has 0 atom stereocenters. The van der Waals surface area contributed by atoms with Gasteiger partial charge in [0.15, 0.2) is 0 Å². The second kappa shape index (κ2) is 7.08. The lowest BCUT2D eigenvalue weighted by Crippen LogP contribution is -2.18. The highest BCUT2D eigenvalue weighted by Gasteiger charge is 2.16. The van der Waals surface area contributed by atoms with Crippen LogP contribution in [0.5, 0.6) is 0 Å². The molecule has 6 heteroatoms. The third-order valence-electron chi connectivity index (χ3n) is 4.04. The number of aryl methyl sites for hydroxylation is 1. The number of benzene rings is 1. The zero-order valence-corrected chi connectivity index (χ0v) is 14.6. The Hall–Kier alpha value is -1.95. The zero-order valence-electron chi connectivity index (χ0n) is 13.0. The van der Waals surface area contributed by atoms with Gasteiger partial charge in [-0.1, -0.05) is 34.8 Å². The number of hydrogen-bond acceptors (Lipinski definition) is 4. The van der Waals surface area contributed by atoms with Crippen LogP contribution in [0.2, 0.25) is 0 Å². The zero-order chi connectivity index (χ0) is 16.2. The molecule has 120 valence electrons. The summed E-state index contributed by atoms with van der Waals surface area (Å²) in [7, 11) is 0. The third-order valence-corrected chi connectivity index (χ3v) is 4.89. The van der Waals surface area contributed by atoms with E-state index in [0.717, 1.165) is 28.6 Å². The molecule has 1 aromatic carbocycles. The fourth-order valence-corrected chi connectivity index (χ4v) is 3.08. The van der Waals surface area contributed by atoms with Crippen LogP contribution >= 0.6 is 15.9 Å². The first kappa shape index (κ1) is 15.9. The number of carbonyl (C=O) groups is 1. The Morgan fingerprint density at radius 2 is 2.00 bits per heavy atom. The highest BCUT2D eigenvalue weighted by molar-refractivity contribution is 9.10. The number of nitrogens with zero attached hydrogens (tertiary/aromatic N) is 2. The van der Waals surface area contributed by atoms with Gasteiger partial charge in [0, 0.05) is 22.3 Å². The van der Waals surface area contributed by atoms with Crippen molar-refractivity contribution >= 4 is 33.3 Å². The van der Waals surface area contributed by atoms with Gasteiger partial charge in [-0.25, -0.2) is 9.97 Å². The molecule has 23 heavy (non-hydrogen) atoms. The Kier molecular flexibility index (Phi) is 4.91. The normalized spacial score (nSPS) is 14.7. The molecule has 0 bridgehead atoms. The lowest BCUT2D eigenvalue weighted by Gasteiger charge is -2.13. The molecule has 1 aliphatic carbocycles. The monoisotopic (exact) mass is 374 g/mol. The van der Waals surface area contributed by atoms with Crippen LogP contribution < -0.4 is 10.6 Å². The van der Waals surface area contributed by atoms with Gasteiger partial charge in [0.2, 0.25) is 0 Å². The molecule has 1 saturated carbocycles. The van der Waals surface area contributed by atoms with Gasteiger partial charge in [0.05, 0.1) is 0 Å². The Balaban J connectivity index is 1.70. The predicted molar refractivity (Wildman–Crippen MR) is 94.7 cm³/mol. The molecule has 1 amide bonds. The van der Waals surface area contributed by atoms with Crippen molar-refractivity contribution in [1.82, 2.24) is 9.97 Å². The van der Waals surface area contributed by atoms with Gasteiger partial charge in [-0.2, -0.15) is 0 Å². The minimum Gasteiger partial charge on any atom is -0.367 e. The van der Waals surface area contributed by atoms with Gasteiger partial charge in [-0.3, -0.25) is 4.79 Å². The molecule has 0 radical (unpaired) electrons. The van der Waals surface area contributed by atoms with Crippen molar-refractivity contribution in [3.8, 4) is 0 Å². The van der Waals surface area contributed by atoms with E-state index in [4.69, 9.17) is 0 Å². The van der Waals surface area contributed by atoms with E-state index in [1.807, 2.05) is 25.1 Å². The smallest absolute Gasteiger partial charge is 0.274 e. The van der Waals surface area contributed by atoms with Crippen molar-refractivity contribution in [3.05, 3.63) is 46.3 Å². The highest BCUT2D eigenvalue weighted by atomic mass is 79.9. The van der Waals surface area contributed by atoms with Crippen LogP contribution in [0.4, 0.5) is 11.5 Å². The quantitative estimate of drug-likeness (QED) is 0.843. The molecule has 5 nitrogen and oxygen atoms in total. The van der Waals surface area contributed by atoms with Gasteiger partial charge >= 0.3 is 0 Å². The van der Waals surface area contributed by atoms with E-state index in [-0.39, 0.29) is 5.91 Å². The molecule has 1 fully saturated rings. The van der Waals surface area contributed by atoms with Crippen LogP contribution in [0.1, 0.15) is 41.7 Å². The summed E-state index contributed by atoms with van der Waals surface area (Å²) in [6.45, 7) is 2.00. The van der Waals surface area contributed by atoms with Crippen molar-refractivity contribution in [1.29, 1.82) is 0 Å². The third kappa shape index (κ3) is 4.07. The van der Waals surface area contributed by atoms with Crippen LogP contribution in [0.25, 0.3) is 0 Å². The lowest BCUT2D eigenvalue weighted by molar-refractivity contribution is 0.102. The number of halogens is 1. The van der Waals surface area contributed by atoms with Crippen LogP contribution in [0, 0.1) is 6.92 Å². The minimum atomic E-state index is -0.238. The maximum Gasteiger partial charge on any atom is 0.274 e. The number of nitrogens with one attached hydrogen (secondary N) is 2. The Morgan fingerprint density at radius 1 is 1.22 bits per heavy atom. The van der Waals surface area contributed by atoms with Crippen LogP contribution in [0.15, 0.2) is 35.1 Å². The molecule has 0 spiro atoms. The maximum absolute atomic E-state index is 12.4. The number of anilines is 2. The van der Waals surface area contributed by atoms with Crippen molar-refractivity contribution in [2.75, 3.05) is 10.6 Å². The summed E-state index contributed by atoms with van der Waals surface area (Å²) in [6.07, 6.45) is 6.24. The molecule has 2 N–H and O–H groups in total. The fourth-order valence-electron chi connectivity index (χ4n) is 2.71. The molecule has 2 aromatic rings. The van der Waals surface area contributed by atoms with Crippen LogP contribution in [0.3, 0.4) is 0 Å². The van der Waals surface area contributed by atoms with E-state index in [0.29, 0.717) is 17.6 Å². The van der Waals surface area contributed by atoms with E-state index in [1.54, 1.807) is 6.07 Å². The van der Waals surface area contributed by atoms with Gasteiger partial charge in [0.1, 0.15) is 17.8 Å². The first-order chi connectivity index (χ1) is 11.1. The summed E-state index contributed by atoms with van der Waals surface area (Å²) in [5.74, 6) is 0.472. The number of hydrogen-bond donors (Lipinski definition) is 2. The number of aromatic nitrogens is 2. The summed E-state index contributed by atoms with van der Waals surface area (Å²) < 4.78 is 0.960. The van der Waals surface area contributed by atoms with E-state index >= 15 is 0 Å². The van der Waals surface area contributed by atoms with Crippen molar-refractivity contribution in [2.24, 2.45) is 0 Å². The second-order valence-electron chi connectivity index (χ2n) is 5.83. The van der Waals surface area contributed by atoms with Gasteiger partial charge < -0.3 is 10.6 Å². The lowest BCUT2D eigenvalue weighted by atomic mass is 10.2. The average Bonchev–Trinajstić information content (AvgIpc) is 3.04. The van der Waals surface area contributed by atoms with Gasteiger partial charge in [-0.05, 0) is 37.5 Å². The SMILES string of the molecule is Cc1ccc(NC(=O)c2cc(NC3CCCC3)ncn2)cc1Br. The summed E-state index contributed by atoms with van der Waals surface area (Å²) in [6, 6.07) is 7.86. The molecular weight excluding hydrogens is 356 g/mol. The van der Waals surface area contributed by atoms with Crippen molar-refractivity contribution in [2.45, 2.75) is 38.6 Å². The molecule has 1 aromatic heterocycles.